The van der Waals surface area contributed by atoms with Crippen molar-refractivity contribution in [1.29, 1.82) is 0 Å². The maximum absolute atomic E-state index is 12.8. The van der Waals surface area contributed by atoms with Gasteiger partial charge in [-0.2, -0.15) is 8.78 Å². The van der Waals surface area contributed by atoms with E-state index in [9.17, 15) is 23.2 Å². The Morgan fingerprint density at radius 1 is 1.00 bits per heavy atom. The van der Waals surface area contributed by atoms with Gasteiger partial charge in [-0.3, -0.25) is 4.79 Å². The van der Waals surface area contributed by atoms with Crippen molar-refractivity contribution in [2.75, 3.05) is 6.61 Å². The molecule has 180 valence electrons. The lowest BCUT2D eigenvalue weighted by Crippen LogP contribution is -2.54. The topological polar surface area (TPSA) is 103 Å². The smallest absolute Gasteiger partial charge is 0.408 e. The summed E-state index contributed by atoms with van der Waals surface area (Å²) in [6.45, 7) is 4.65. The molecule has 0 spiro atoms. The van der Waals surface area contributed by atoms with E-state index in [-0.39, 0.29) is 18.9 Å². The molecule has 1 aromatic rings. The summed E-state index contributed by atoms with van der Waals surface area (Å²) >= 11 is 0. The van der Waals surface area contributed by atoms with Crippen molar-refractivity contribution in [3.05, 3.63) is 35.9 Å². The number of alkyl halides is 2. The number of benzene rings is 1. The van der Waals surface area contributed by atoms with E-state index in [1.54, 1.807) is 51.1 Å². The van der Waals surface area contributed by atoms with Crippen molar-refractivity contribution in [3.8, 4) is 0 Å². The fraction of sp³-hybridized carbons (Fsp3) is 0.591. The van der Waals surface area contributed by atoms with Crippen molar-refractivity contribution in [3.63, 3.8) is 0 Å². The molecule has 1 rings (SSSR count). The highest BCUT2D eigenvalue weighted by Crippen LogP contribution is 2.11. The highest BCUT2D eigenvalue weighted by molar-refractivity contribution is 5.89. The predicted octanol–water partition coefficient (Wildman–Crippen LogP) is 3.39. The highest BCUT2D eigenvalue weighted by atomic mass is 19.3. The molecule has 1 aromatic carbocycles. The van der Waals surface area contributed by atoms with E-state index in [0.29, 0.717) is 5.56 Å². The maximum Gasteiger partial charge on any atom is 0.408 e. The van der Waals surface area contributed by atoms with Gasteiger partial charge in [0.1, 0.15) is 18.2 Å². The molecule has 0 aliphatic rings. The van der Waals surface area contributed by atoms with Crippen LogP contribution in [0.1, 0.15) is 46.6 Å². The molecule has 0 heterocycles. The minimum absolute atomic E-state index is 0.00137. The van der Waals surface area contributed by atoms with Gasteiger partial charge in [0.05, 0.1) is 6.61 Å². The molecule has 0 saturated carbocycles. The number of alkyl carbamates (subject to hydrolysis) is 1. The lowest BCUT2D eigenvalue weighted by Gasteiger charge is -2.25. The van der Waals surface area contributed by atoms with Crippen LogP contribution < -0.4 is 10.6 Å². The monoisotopic (exact) mass is 458 g/mol. The van der Waals surface area contributed by atoms with Gasteiger partial charge in [-0.05, 0) is 38.7 Å². The van der Waals surface area contributed by atoms with E-state index >= 15 is 0 Å². The Morgan fingerprint density at radius 2 is 1.62 bits per heavy atom. The number of esters is 1. The molecule has 0 saturated heterocycles. The van der Waals surface area contributed by atoms with E-state index in [1.807, 2.05) is 13.8 Å². The van der Waals surface area contributed by atoms with Crippen molar-refractivity contribution >= 4 is 18.0 Å². The van der Waals surface area contributed by atoms with Gasteiger partial charge in [-0.25, -0.2) is 9.59 Å². The first kappa shape index (κ1) is 27.3. The minimum atomic E-state index is -3.14. The summed E-state index contributed by atoms with van der Waals surface area (Å²) in [4.78, 5) is 37.3. The number of amides is 2. The van der Waals surface area contributed by atoms with Gasteiger partial charge in [-0.15, -0.1) is 0 Å². The standard InChI is InChI=1S/C22H32F2N2O6/c1-14(2)11-16(26-21(29)32-22(3,4)5)18(27)25-17(13-31-20(23)24)19(28)30-12-15-9-7-6-8-10-15/h6-10,14,16-17,20H,11-13H2,1-5H3,(H,25,27)(H,26,29)/t16?,17-/m0/s1. The minimum Gasteiger partial charge on any atom is -0.459 e. The van der Waals surface area contributed by atoms with Crippen LogP contribution in [0, 0.1) is 5.92 Å². The van der Waals surface area contributed by atoms with E-state index in [1.165, 1.54) is 0 Å². The summed E-state index contributed by atoms with van der Waals surface area (Å²) in [5, 5.41) is 4.80. The van der Waals surface area contributed by atoms with E-state index in [0.717, 1.165) is 0 Å². The third-order valence-corrected chi connectivity index (χ3v) is 3.93. The zero-order valence-corrected chi connectivity index (χ0v) is 19.0. The Hall–Kier alpha value is -2.75. The average molecular weight is 459 g/mol. The Morgan fingerprint density at radius 3 is 2.16 bits per heavy atom. The molecule has 0 aromatic heterocycles. The van der Waals surface area contributed by atoms with Gasteiger partial charge < -0.3 is 24.8 Å². The maximum atomic E-state index is 12.8. The number of halogens is 2. The Balaban J connectivity index is 2.86. The van der Waals surface area contributed by atoms with Crippen LogP contribution in [-0.4, -0.2) is 48.9 Å². The number of hydrogen-bond acceptors (Lipinski definition) is 6. The molecule has 0 aliphatic carbocycles. The lowest BCUT2D eigenvalue weighted by atomic mass is 10.0. The quantitative estimate of drug-likeness (QED) is 0.493. The summed E-state index contributed by atoms with van der Waals surface area (Å²) < 4.78 is 39.6. The molecule has 2 N–H and O–H groups in total. The van der Waals surface area contributed by atoms with Crippen molar-refractivity contribution in [2.45, 2.75) is 71.9 Å². The molecule has 8 nitrogen and oxygen atoms in total. The van der Waals surface area contributed by atoms with Gasteiger partial charge >= 0.3 is 18.7 Å². The molecule has 1 unspecified atom stereocenters. The molecule has 32 heavy (non-hydrogen) atoms. The molecule has 10 heteroatoms. The van der Waals surface area contributed by atoms with E-state index < -0.39 is 48.9 Å². The van der Waals surface area contributed by atoms with Crippen LogP contribution in [-0.2, 0) is 30.4 Å². The zero-order chi connectivity index (χ0) is 24.3. The van der Waals surface area contributed by atoms with Crippen LogP contribution in [0.3, 0.4) is 0 Å². The summed E-state index contributed by atoms with van der Waals surface area (Å²) in [6.07, 6.45) is -0.586. The summed E-state index contributed by atoms with van der Waals surface area (Å²) in [5.74, 6) is -1.69. The summed E-state index contributed by atoms with van der Waals surface area (Å²) in [5.41, 5.74) is -0.0948. The van der Waals surface area contributed by atoms with Crippen LogP contribution in [0.5, 0.6) is 0 Å². The Bertz CT molecular complexity index is 738. The van der Waals surface area contributed by atoms with Crippen LogP contribution in [0.4, 0.5) is 13.6 Å². The predicted molar refractivity (Wildman–Crippen MR) is 113 cm³/mol. The third kappa shape index (κ3) is 11.6. The van der Waals surface area contributed by atoms with Crippen molar-refractivity contribution in [1.82, 2.24) is 10.6 Å². The average Bonchev–Trinajstić information content (AvgIpc) is 2.67. The summed E-state index contributed by atoms with van der Waals surface area (Å²) in [7, 11) is 0. The third-order valence-electron chi connectivity index (χ3n) is 3.93. The first-order valence-corrected chi connectivity index (χ1v) is 10.3. The number of hydrogen-bond donors (Lipinski definition) is 2. The van der Waals surface area contributed by atoms with Gasteiger partial charge in [0.25, 0.3) is 0 Å². The molecular weight excluding hydrogens is 426 g/mol. The number of carbonyl (C=O) groups is 3. The number of nitrogens with one attached hydrogen (secondary N) is 2. The van der Waals surface area contributed by atoms with Crippen LogP contribution in [0.15, 0.2) is 30.3 Å². The normalized spacial score (nSPS) is 13.4. The van der Waals surface area contributed by atoms with Crippen LogP contribution >= 0.6 is 0 Å². The van der Waals surface area contributed by atoms with Crippen molar-refractivity contribution in [2.24, 2.45) is 5.92 Å². The van der Waals surface area contributed by atoms with E-state index in [4.69, 9.17) is 9.47 Å². The Labute approximate surface area is 187 Å². The number of rotatable bonds is 11. The molecule has 0 bridgehead atoms. The number of carbonyl (C=O) groups excluding carboxylic acids is 3. The second kappa shape index (κ2) is 12.9. The molecular formula is C22H32F2N2O6. The molecule has 0 fully saturated rings. The lowest BCUT2D eigenvalue weighted by molar-refractivity contribution is -0.161. The van der Waals surface area contributed by atoms with Gasteiger partial charge in [0.2, 0.25) is 5.91 Å². The first-order chi connectivity index (χ1) is 14.9. The summed E-state index contributed by atoms with van der Waals surface area (Å²) in [6, 6.07) is 6.19. The van der Waals surface area contributed by atoms with Crippen LogP contribution in [0.2, 0.25) is 0 Å². The van der Waals surface area contributed by atoms with Crippen molar-refractivity contribution < 1.29 is 37.4 Å². The number of ether oxygens (including phenoxy) is 3. The molecule has 0 aliphatic heterocycles. The first-order valence-electron chi connectivity index (χ1n) is 10.3. The fourth-order valence-electron chi connectivity index (χ4n) is 2.59. The molecule has 0 radical (unpaired) electrons. The largest absolute Gasteiger partial charge is 0.459 e. The van der Waals surface area contributed by atoms with Gasteiger partial charge in [0, 0.05) is 0 Å². The van der Waals surface area contributed by atoms with Gasteiger partial charge in [0.15, 0.2) is 6.04 Å². The highest BCUT2D eigenvalue weighted by Gasteiger charge is 2.30. The van der Waals surface area contributed by atoms with Gasteiger partial charge in [-0.1, -0.05) is 44.2 Å². The second-order valence-corrected chi connectivity index (χ2v) is 8.58. The SMILES string of the molecule is CC(C)CC(NC(=O)OC(C)(C)C)C(=O)N[C@@H](COC(F)F)C(=O)OCc1ccccc1. The second-order valence-electron chi connectivity index (χ2n) is 8.58. The Kier molecular flexibility index (Phi) is 11.0. The fourth-order valence-corrected chi connectivity index (χ4v) is 2.59. The molecule has 2 amide bonds. The zero-order valence-electron chi connectivity index (χ0n) is 19.0. The van der Waals surface area contributed by atoms with E-state index in [2.05, 4.69) is 15.4 Å². The molecule has 2 atom stereocenters. The van der Waals surface area contributed by atoms with Crippen LogP contribution in [0.25, 0.3) is 0 Å².